The Morgan fingerprint density at radius 3 is 2.62 bits per heavy atom. The molecule has 0 saturated carbocycles. The van der Waals surface area contributed by atoms with E-state index in [1.54, 1.807) is 0 Å². The predicted octanol–water partition coefficient (Wildman–Crippen LogP) is -0.602. The number of aliphatic hydroxyl groups excluding tert-OH is 2. The summed E-state index contributed by atoms with van der Waals surface area (Å²) in [7, 11) is 0. The Hall–Kier alpha value is -1.53. The van der Waals surface area contributed by atoms with Gasteiger partial charge in [-0.05, 0) is 12.1 Å². The molecule has 1 aliphatic heterocycles. The molecule has 1 saturated heterocycles. The van der Waals surface area contributed by atoms with Crippen molar-refractivity contribution >= 4 is 5.91 Å². The van der Waals surface area contributed by atoms with Crippen LogP contribution in [0.4, 0.5) is 4.39 Å². The fourth-order valence-electron chi connectivity index (χ4n) is 1.65. The van der Waals surface area contributed by atoms with Crippen molar-refractivity contribution in [2.75, 3.05) is 13.1 Å². The molecule has 1 aromatic rings. The molecule has 1 fully saturated rings. The number of aliphatic hydroxyl groups is 2. The fraction of sp³-hybridized carbons (Fsp3) is 0.400. The van der Waals surface area contributed by atoms with Gasteiger partial charge in [-0.3, -0.25) is 4.79 Å². The molecule has 1 aliphatic rings. The highest BCUT2D eigenvalue weighted by atomic mass is 19.1. The fourth-order valence-corrected chi connectivity index (χ4v) is 1.65. The largest absolute Gasteiger partial charge is 0.388 e. The summed E-state index contributed by atoms with van der Waals surface area (Å²) in [5, 5.41) is 18.6. The van der Waals surface area contributed by atoms with Crippen LogP contribution in [-0.4, -0.2) is 51.3 Å². The number of carbonyl (C=O) groups excluding carboxylic acids is 1. The Balaban J connectivity index is 2.18. The highest BCUT2D eigenvalue weighted by Gasteiger charge is 2.33. The van der Waals surface area contributed by atoms with Crippen molar-refractivity contribution in [3.63, 3.8) is 0 Å². The third-order valence-corrected chi connectivity index (χ3v) is 2.54. The Kier molecular flexibility index (Phi) is 2.84. The van der Waals surface area contributed by atoms with Crippen molar-refractivity contribution in [1.29, 1.82) is 0 Å². The summed E-state index contributed by atoms with van der Waals surface area (Å²) in [5.41, 5.74) is -0.149. The van der Waals surface area contributed by atoms with E-state index in [4.69, 9.17) is 0 Å². The zero-order valence-electron chi connectivity index (χ0n) is 8.38. The summed E-state index contributed by atoms with van der Waals surface area (Å²) < 4.78 is 13.2. The highest BCUT2D eigenvalue weighted by molar-refractivity contribution is 5.94. The third kappa shape index (κ3) is 1.89. The van der Waals surface area contributed by atoms with E-state index in [2.05, 4.69) is 4.98 Å². The Labute approximate surface area is 91.1 Å². The second-order valence-corrected chi connectivity index (χ2v) is 3.69. The number of hydrogen-bond donors (Lipinski definition) is 2. The molecule has 86 valence electrons. The first kappa shape index (κ1) is 11.0. The molecular weight excluding hydrogens is 215 g/mol. The molecule has 2 N–H and O–H groups in total. The van der Waals surface area contributed by atoms with E-state index in [0.717, 1.165) is 0 Å². The third-order valence-electron chi connectivity index (χ3n) is 2.54. The lowest BCUT2D eigenvalue weighted by molar-refractivity contribution is 0.0572. The van der Waals surface area contributed by atoms with Crippen molar-refractivity contribution in [1.82, 2.24) is 9.88 Å². The molecule has 2 unspecified atom stereocenters. The number of halogens is 1. The minimum Gasteiger partial charge on any atom is -0.388 e. The van der Waals surface area contributed by atoms with Crippen LogP contribution < -0.4 is 0 Å². The lowest BCUT2D eigenvalue weighted by Crippen LogP contribution is -2.30. The van der Waals surface area contributed by atoms with Crippen LogP contribution in [0.25, 0.3) is 0 Å². The number of likely N-dealkylation sites (tertiary alicyclic amines) is 1. The van der Waals surface area contributed by atoms with E-state index in [0.29, 0.717) is 0 Å². The Morgan fingerprint density at radius 1 is 1.44 bits per heavy atom. The molecule has 0 bridgehead atoms. The zero-order valence-corrected chi connectivity index (χ0v) is 8.38. The maximum absolute atomic E-state index is 13.2. The number of rotatable bonds is 1. The number of aromatic nitrogens is 1. The van der Waals surface area contributed by atoms with Gasteiger partial charge in [0.2, 0.25) is 5.95 Å². The molecule has 1 aromatic heterocycles. The van der Waals surface area contributed by atoms with E-state index < -0.39 is 24.1 Å². The van der Waals surface area contributed by atoms with Gasteiger partial charge < -0.3 is 15.1 Å². The van der Waals surface area contributed by atoms with Crippen LogP contribution in [0.15, 0.2) is 18.3 Å². The van der Waals surface area contributed by atoms with E-state index in [1.807, 2.05) is 0 Å². The highest BCUT2D eigenvalue weighted by Crippen LogP contribution is 2.15. The topological polar surface area (TPSA) is 73.7 Å². The van der Waals surface area contributed by atoms with Gasteiger partial charge in [0, 0.05) is 19.3 Å². The second kappa shape index (κ2) is 4.15. The SMILES string of the molecule is O=C(c1cccnc1F)N1CC(O)C(O)C1. The molecule has 6 heteroatoms. The van der Waals surface area contributed by atoms with Gasteiger partial charge in [0.25, 0.3) is 5.91 Å². The summed E-state index contributed by atoms with van der Waals surface area (Å²) in [6.07, 6.45) is -0.688. The molecular formula is C10H11FN2O3. The Morgan fingerprint density at radius 2 is 2.06 bits per heavy atom. The first-order valence-electron chi connectivity index (χ1n) is 4.85. The van der Waals surface area contributed by atoms with Crippen LogP contribution in [-0.2, 0) is 0 Å². The van der Waals surface area contributed by atoms with Crippen LogP contribution in [0.5, 0.6) is 0 Å². The lowest BCUT2D eigenvalue weighted by atomic mass is 10.2. The molecule has 2 atom stereocenters. The van der Waals surface area contributed by atoms with Crippen LogP contribution in [0.2, 0.25) is 0 Å². The Bertz CT molecular complexity index is 403. The van der Waals surface area contributed by atoms with E-state index >= 15 is 0 Å². The number of β-amino-alcohol motifs (C(OH)–C–C–N with tert-alkyl or cyclic N) is 2. The van der Waals surface area contributed by atoms with Gasteiger partial charge in [-0.15, -0.1) is 0 Å². The van der Waals surface area contributed by atoms with Gasteiger partial charge in [0.15, 0.2) is 0 Å². The van der Waals surface area contributed by atoms with Crippen LogP contribution in [0, 0.1) is 5.95 Å². The standard InChI is InChI=1S/C10H11FN2O3/c11-9-6(2-1-3-12-9)10(16)13-4-7(14)8(15)5-13/h1-3,7-8,14-15H,4-5H2. The van der Waals surface area contributed by atoms with E-state index in [-0.39, 0.29) is 18.7 Å². The van der Waals surface area contributed by atoms with Gasteiger partial charge in [0.05, 0.1) is 17.8 Å². The summed E-state index contributed by atoms with van der Waals surface area (Å²) >= 11 is 0. The van der Waals surface area contributed by atoms with Gasteiger partial charge >= 0.3 is 0 Å². The maximum atomic E-state index is 13.2. The van der Waals surface area contributed by atoms with Crippen LogP contribution in [0.1, 0.15) is 10.4 Å². The number of carbonyl (C=O) groups is 1. The summed E-state index contributed by atoms with van der Waals surface area (Å²) in [6, 6.07) is 2.78. The minimum absolute atomic E-state index is 0.00827. The molecule has 0 radical (unpaired) electrons. The molecule has 0 aromatic carbocycles. The van der Waals surface area contributed by atoms with Crippen molar-refractivity contribution in [2.45, 2.75) is 12.2 Å². The van der Waals surface area contributed by atoms with Crippen molar-refractivity contribution in [3.05, 3.63) is 29.8 Å². The molecule has 2 heterocycles. The molecule has 0 aliphatic carbocycles. The molecule has 16 heavy (non-hydrogen) atoms. The van der Waals surface area contributed by atoms with Crippen molar-refractivity contribution in [2.24, 2.45) is 0 Å². The molecule has 5 nitrogen and oxygen atoms in total. The maximum Gasteiger partial charge on any atom is 0.258 e. The van der Waals surface area contributed by atoms with Crippen molar-refractivity contribution < 1.29 is 19.4 Å². The average molecular weight is 226 g/mol. The van der Waals surface area contributed by atoms with Crippen molar-refractivity contribution in [3.8, 4) is 0 Å². The lowest BCUT2D eigenvalue weighted by Gasteiger charge is -2.15. The van der Waals surface area contributed by atoms with Crippen LogP contribution in [0.3, 0.4) is 0 Å². The van der Waals surface area contributed by atoms with E-state index in [9.17, 15) is 19.4 Å². The molecule has 0 spiro atoms. The smallest absolute Gasteiger partial charge is 0.258 e. The first-order chi connectivity index (χ1) is 7.59. The predicted molar refractivity (Wildman–Crippen MR) is 52.1 cm³/mol. The van der Waals surface area contributed by atoms with Gasteiger partial charge in [-0.25, -0.2) is 4.98 Å². The van der Waals surface area contributed by atoms with Crippen LogP contribution >= 0.6 is 0 Å². The van der Waals surface area contributed by atoms with Gasteiger partial charge in [-0.1, -0.05) is 0 Å². The summed E-state index contributed by atoms with van der Waals surface area (Å²) in [6.45, 7) is 0.0165. The number of amides is 1. The minimum atomic E-state index is -0.969. The quantitative estimate of drug-likeness (QED) is 0.627. The number of nitrogens with zero attached hydrogens (tertiary/aromatic N) is 2. The average Bonchev–Trinajstić information content (AvgIpc) is 2.59. The number of hydrogen-bond acceptors (Lipinski definition) is 4. The molecule has 1 amide bonds. The summed E-state index contributed by atoms with van der Waals surface area (Å²) in [5.74, 6) is -1.41. The normalized spacial score (nSPS) is 24.8. The molecule has 2 rings (SSSR count). The van der Waals surface area contributed by atoms with Gasteiger partial charge in [0.1, 0.15) is 0 Å². The monoisotopic (exact) mass is 226 g/mol. The number of pyridine rings is 1. The second-order valence-electron chi connectivity index (χ2n) is 3.69. The van der Waals surface area contributed by atoms with Gasteiger partial charge in [-0.2, -0.15) is 4.39 Å². The first-order valence-corrected chi connectivity index (χ1v) is 4.85. The zero-order chi connectivity index (χ0) is 11.7. The van der Waals surface area contributed by atoms with E-state index in [1.165, 1.54) is 23.2 Å². The summed E-state index contributed by atoms with van der Waals surface area (Å²) in [4.78, 5) is 16.4.